The van der Waals surface area contributed by atoms with E-state index in [9.17, 15) is 9.36 Å². The van der Waals surface area contributed by atoms with Crippen molar-refractivity contribution in [3.8, 4) is 0 Å². The van der Waals surface area contributed by atoms with Crippen LogP contribution in [-0.2, 0) is 23.1 Å². The third-order valence-electron chi connectivity index (χ3n) is 3.71. The first-order valence-corrected chi connectivity index (χ1v) is 9.08. The summed E-state index contributed by atoms with van der Waals surface area (Å²) in [5, 5.41) is 0. The monoisotopic (exact) mass is 360 g/mol. The molecule has 0 spiro atoms. The fraction of sp³-hybridized carbons (Fsp3) is 0.438. The quantitative estimate of drug-likeness (QED) is 0.510. The normalized spacial score (nSPS) is 15.1. The lowest BCUT2D eigenvalue weighted by Gasteiger charge is -2.31. The van der Waals surface area contributed by atoms with Gasteiger partial charge >= 0.3 is 13.6 Å². The number of hydrogen-bond acceptors (Lipinski definition) is 5. The number of benzene rings is 1. The third-order valence-corrected chi connectivity index (χ3v) is 6.52. The van der Waals surface area contributed by atoms with Gasteiger partial charge in [0.25, 0.3) is 0 Å². The fourth-order valence-electron chi connectivity index (χ4n) is 2.53. The molecule has 0 saturated heterocycles. The summed E-state index contributed by atoms with van der Waals surface area (Å²) in [6.07, 6.45) is 0.0317. The van der Waals surface area contributed by atoms with Crippen molar-refractivity contribution in [1.82, 2.24) is 0 Å². The second-order valence-corrected chi connectivity index (χ2v) is 7.58. The molecule has 0 aliphatic heterocycles. The van der Waals surface area contributed by atoms with Crippen LogP contribution in [0, 0.1) is 0 Å². The van der Waals surface area contributed by atoms with Crippen LogP contribution in [0.1, 0.15) is 24.8 Å². The number of carbonyl (C=O) groups is 1. The largest absolute Gasteiger partial charge is 0.469 e. The number of rotatable bonds is 8. The van der Waals surface area contributed by atoms with E-state index in [1.165, 1.54) is 26.9 Å². The average molecular weight is 361 g/mol. The Morgan fingerprint density at radius 3 is 2.22 bits per heavy atom. The smallest absolute Gasteiger partial charge is 0.337 e. The first kappa shape index (κ1) is 19.9. The molecule has 0 N–H and O–H groups in total. The molecule has 0 unspecified atom stereocenters. The molecule has 0 heterocycles. The number of ether oxygens (including phenoxy) is 1. The van der Waals surface area contributed by atoms with Gasteiger partial charge in [0.2, 0.25) is 0 Å². The lowest BCUT2D eigenvalue weighted by Crippen LogP contribution is -2.25. The number of hydrogen-bond donors (Lipinski definition) is 0. The van der Waals surface area contributed by atoms with Gasteiger partial charge in [-0.25, -0.2) is 0 Å². The van der Waals surface area contributed by atoms with Crippen LogP contribution in [0.5, 0.6) is 0 Å². The fourth-order valence-corrected chi connectivity index (χ4v) is 4.65. The minimum absolute atomic E-state index is 0.0317. The minimum Gasteiger partial charge on any atom is -0.469 e. The van der Waals surface area contributed by atoms with Crippen molar-refractivity contribution in [2.45, 2.75) is 24.9 Å². The number of esters is 1. The van der Waals surface area contributed by atoms with Gasteiger partial charge in [-0.2, -0.15) is 0 Å². The summed E-state index contributed by atoms with van der Waals surface area (Å²) < 4.78 is 28.2. The molecular formula is C16H22ClO5P. The molecule has 23 heavy (non-hydrogen) atoms. The summed E-state index contributed by atoms with van der Waals surface area (Å²) in [6, 6.07) is 9.28. The topological polar surface area (TPSA) is 61.8 Å². The Balaban J connectivity index is 3.44. The van der Waals surface area contributed by atoms with Gasteiger partial charge < -0.3 is 13.8 Å². The van der Waals surface area contributed by atoms with Gasteiger partial charge in [-0.3, -0.25) is 9.36 Å². The Labute approximate surface area is 142 Å². The lowest BCUT2D eigenvalue weighted by atomic mass is 9.89. The van der Waals surface area contributed by atoms with E-state index in [1.807, 2.05) is 30.3 Å². The van der Waals surface area contributed by atoms with Crippen LogP contribution in [0.25, 0.3) is 0 Å². The summed E-state index contributed by atoms with van der Waals surface area (Å²) in [6.45, 7) is 1.73. The molecule has 5 nitrogen and oxygen atoms in total. The maximum atomic E-state index is 13.0. The molecule has 2 atom stereocenters. The highest BCUT2D eigenvalue weighted by molar-refractivity contribution is 7.55. The Morgan fingerprint density at radius 2 is 1.78 bits per heavy atom. The molecule has 0 aromatic heterocycles. The van der Waals surface area contributed by atoms with Crippen molar-refractivity contribution in [3.05, 3.63) is 47.0 Å². The molecule has 0 aliphatic rings. The van der Waals surface area contributed by atoms with Crippen molar-refractivity contribution in [2.75, 3.05) is 21.3 Å². The van der Waals surface area contributed by atoms with Crippen molar-refractivity contribution < 1.29 is 23.1 Å². The molecule has 7 heteroatoms. The second-order valence-electron chi connectivity index (χ2n) is 5.00. The van der Waals surface area contributed by atoms with E-state index in [2.05, 4.69) is 0 Å². The Kier molecular flexibility index (Phi) is 8.00. The van der Waals surface area contributed by atoms with Crippen LogP contribution >= 0.6 is 19.2 Å². The first-order valence-electron chi connectivity index (χ1n) is 7.03. The van der Waals surface area contributed by atoms with Crippen molar-refractivity contribution in [3.63, 3.8) is 0 Å². The molecule has 0 radical (unpaired) electrons. The van der Waals surface area contributed by atoms with E-state index in [-0.39, 0.29) is 6.42 Å². The SMILES string of the molecule is COC(=O)C[C@@H](c1ccccc1)[C@@H](/C(C)=C/Cl)P(=O)(OC)OC. The maximum absolute atomic E-state index is 13.0. The zero-order valence-electron chi connectivity index (χ0n) is 13.7. The standard InChI is InChI=1S/C16H22ClO5P/c1-12(11-17)16(23(19,21-3)22-4)14(10-15(18)20-2)13-8-6-5-7-9-13/h5-9,11,14,16H,10H2,1-4H3/b12-11+/t14-,16+/m0/s1. The predicted octanol–water partition coefficient (Wildman–Crippen LogP) is 4.33. The molecule has 0 fully saturated rings. The number of allylic oxidation sites excluding steroid dienone is 1. The van der Waals surface area contributed by atoms with Gasteiger partial charge in [-0.05, 0) is 18.1 Å². The summed E-state index contributed by atoms with van der Waals surface area (Å²) in [5.41, 5.74) is 2.07. The molecule has 0 aliphatic carbocycles. The Hall–Kier alpha value is -1.13. The molecule has 128 valence electrons. The van der Waals surface area contributed by atoms with Gasteiger partial charge in [0, 0.05) is 25.7 Å². The minimum atomic E-state index is -3.51. The van der Waals surface area contributed by atoms with Crippen molar-refractivity contribution in [2.24, 2.45) is 0 Å². The Bertz CT molecular complexity index is 579. The molecule has 1 aromatic carbocycles. The summed E-state index contributed by atoms with van der Waals surface area (Å²) in [5.74, 6) is -0.866. The number of methoxy groups -OCH3 is 1. The van der Waals surface area contributed by atoms with Gasteiger partial charge in [0.15, 0.2) is 0 Å². The van der Waals surface area contributed by atoms with E-state index < -0.39 is 25.1 Å². The van der Waals surface area contributed by atoms with Crippen LogP contribution in [0.2, 0.25) is 0 Å². The molecular weight excluding hydrogens is 339 g/mol. The van der Waals surface area contributed by atoms with Gasteiger partial charge in [-0.15, -0.1) is 0 Å². The summed E-state index contributed by atoms with van der Waals surface area (Å²) in [7, 11) is 0.439. The second kappa shape index (κ2) is 9.24. The highest BCUT2D eigenvalue weighted by Gasteiger charge is 2.42. The first-order chi connectivity index (χ1) is 10.9. The van der Waals surface area contributed by atoms with E-state index in [0.29, 0.717) is 5.57 Å². The molecule has 1 aromatic rings. The van der Waals surface area contributed by atoms with E-state index >= 15 is 0 Å². The summed E-state index contributed by atoms with van der Waals surface area (Å²) in [4.78, 5) is 11.9. The van der Waals surface area contributed by atoms with Gasteiger partial charge in [0.1, 0.15) is 0 Å². The van der Waals surface area contributed by atoms with Crippen LogP contribution in [0.4, 0.5) is 0 Å². The van der Waals surface area contributed by atoms with Gasteiger partial charge in [0.05, 0.1) is 19.2 Å². The van der Waals surface area contributed by atoms with Crippen molar-refractivity contribution in [1.29, 1.82) is 0 Å². The summed E-state index contributed by atoms with van der Waals surface area (Å²) >= 11 is 5.86. The van der Waals surface area contributed by atoms with E-state index in [4.69, 9.17) is 25.4 Å². The molecule has 1 rings (SSSR count). The third kappa shape index (κ3) is 4.92. The van der Waals surface area contributed by atoms with Crippen LogP contribution in [0.3, 0.4) is 0 Å². The highest BCUT2D eigenvalue weighted by Crippen LogP contribution is 2.59. The zero-order chi connectivity index (χ0) is 17.5. The van der Waals surface area contributed by atoms with E-state index in [0.717, 1.165) is 5.56 Å². The number of carbonyl (C=O) groups excluding carboxylic acids is 1. The van der Waals surface area contributed by atoms with E-state index in [1.54, 1.807) is 6.92 Å². The van der Waals surface area contributed by atoms with Crippen LogP contribution < -0.4 is 0 Å². The number of halogens is 1. The van der Waals surface area contributed by atoms with Gasteiger partial charge in [-0.1, -0.05) is 41.9 Å². The molecule has 0 saturated carbocycles. The molecule has 0 bridgehead atoms. The molecule has 0 amide bonds. The average Bonchev–Trinajstić information content (AvgIpc) is 2.60. The van der Waals surface area contributed by atoms with Crippen LogP contribution in [-0.4, -0.2) is 33.0 Å². The predicted molar refractivity (Wildman–Crippen MR) is 90.8 cm³/mol. The van der Waals surface area contributed by atoms with Crippen LogP contribution in [0.15, 0.2) is 41.4 Å². The lowest BCUT2D eigenvalue weighted by molar-refractivity contribution is -0.141. The Morgan fingerprint density at radius 1 is 1.22 bits per heavy atom. The zero-order valence-corrected chi connectivity index (χ0v) is 15.3. The van der Waals surface area contributed by atoms with Crippen molar-refractivity contribution >= 4 is 25.2 Å². The maximum Gasteiger partial charge on any atom is 0.337 e. The highest BCUT2D eigenvalue weighted by atomic mass is 35.5.